The van der Waals surface area contributed by atoms with Gasteiger partial charge in [-0.1, -0.05) is 34.1 Å². The molecule has 8 nitrogen and oxygen atoms in total. The van der Waals surface area contributed by atoms with E-state index in [0.29, 0.717) is 24.2 Å². The van der Waals surface area contributed by atoms with Crippen LogP contribution in [0.25, 0.3) is 0 Å². The van der Waals surface area contributed by atoms with Gasteiger partial charge in [0, 0.05) is 22.4 Å². The standard InChI is InChI=1S/C21H19BrN4O4/c1-21(19(29)24-20(30)25-21)12-4-2-6-14(10-12)23-17(27)16-8-9-26(18(16)28)15-7-3-5-13(22)11-15/h2-7,10-11,16H,8-9H2,1H3,(H,23,27)(H2,24,25,29,30). The van der Waals surface area contributed by atoms with E-state index in [9.17, 15) is 19.2 Å². The molecule has 0 bridgehead atoms. The van der Waals surface area contributed by atoms with Crippen molar-refractivity contribution < 1.29 is 19.2 Å². The normalized spacial score (nSPS) is 23.3. The summed E-state index contributed by atoms with van der Waals surface area (Å²) in [6, 6.07) is 13.5. The van der Waals surface area contributed by atoms with Crippen molar-refractivity contribution >= 4 is 51.1 Å². The molecule has 9 heteroatoms. The number of imide groups is 1. The Labute approximate surface area is 181 Å². The lowest BCUT2D eigenvalue weighted by Crippen LogP contribution is -2.40. The lowest BCUT2D eigenvalue weighted by molar-refractivity contribution is -0.129. The molecule has 2 aliphatic rings. The molecule has 0 aromatic heterocycles. The molecule has 2 aromatic rings. The van der Waals surface area contributed by atoms with E-state index in [2.05, 4.69) is 31.9 Å². The summed E-state index contributed by atoms with van der Waals surface area (Å²) in [5.74, 6) is -1.92. The number of carbonyl (C=O) groups is 4. The Morgan fingerprint density at radius 1 is 1.17 bits per heavy atom. The van der Waals surface area contributed by atoms with Crippen molar-refractivity contribution in [3.63, 3.8) is 0 Å². The number of rotatable bonds is 4. The number of benzene rings is 2. The number of halogens is 1. The molecule has 5 amide bonds. The van der Waals surface area contributed by atoms with Gasteiger partial charge in [-0.3, -0.25) is 19.7 Å². The molecular formula is C21H19BrN4O4. The first-order valence-electron chi connectivity index (χ1n) is 9.40. The van der Waals surface area contributed by atoms with Crippen molar-refractivity contribution in [3.05, 3.63) is 58.6 Å². The van der Waals surface area contributed by atoms with Crippen molar-refractivity contribution in [1.82, 2.24) is 10.6 Å². The molecule has 0 aliphatic carbocycles. The highest BCUT2D eigenvalue weighted by Crippen LogP contribution is 2.29. The van der Waals surface area contributed by atoms with Crippen LogP contribution in [0.5, 0.6) is 0 Å². The topological polar surface area (TPSA) is 108 Å². The Bertz CT molecular complexity index is 1070. The van der Waals surface area contributed by atoms with E-state index in [0.717, 1.165) is 10.2 Å². The van der Waals surface area contributed by atoms with E-state index in [4.69, 9.17) is 0 Å². The average Bonchev–Trinajstić information content (AvgIpc) is 3.21. The molecular weight excluding hydrogens is 452 g/mol. The van der Waals surface area contributed by atoms with Crippen LogP contribution in [0.15, 0.2) is 53.0 Å². The van der Waals surface area contributed by atoms with E-state index < -0.39 is 29.3 Å². The fourth-order valence-electron chi connectivity index (χ4n) is 3.71. The first-order valence-corrected chi connectivity index (χ1v) is 10.2. The van der Waals surface area contributed by atoms with Gasteiger partial charge in [-0.2, -0.15) is 0 Å². The van der Waals surface area contributed by atoms with E-state index >= 15 is 0 Å². The number of carbonyl (C=O) groups excluding carboxylic acids is 4. The third-order valence-corrected chi connectivity index (χ3v) is 5.89. The number of urea groups is 1. The largest absolute Gasteiger partial charge is 0.325 e. The molecule has 0 spiro atoms. The highest BCUT2D eigenvalue weighted by Gasteiger charge is 2.43. The number of nitrogens with zero attached hydrogens (tertiary/aromatic N) is 1. The number of hydrogen-bond acceptors (Lipinski definition) is 4. The SMILES string of the molecule is CC1(c2cccc(NC(=O)C3CCN(c4cccc(Br)c4)C3=O)c2)NC(=O)NC1=O. The van der Waals surface area contributed by atoms with Crippen LogP contribution in [-0.2, 0) is 19.9 Å². The Morgan fingerprint density at radius 2 is 1.93 bits per heavy atom. The third-order valence-electron chi connectivity index (χ3n) is 5.39. The maximum atomic E-state index is 12.8. The molecule has 30 heavy (non-hydrogen) atoms. The zero-order chi connectivity index (χ0) is 21.5. The molecule has 3 N–H and O–H groups in total. The highest BCUT2D eigenvalue weighted by atomic mass is 79.9. The molecule has 2 fully saturated rings. The number of amides is 5. The molecule has 2 unspecified atom stereocenters. The van der Waals surface area contributed by atoms with Crippen molar-refractivity contribution in [2.45, 2.75) is 18.9 Å². The van der Waals surface area contributed by atoms with E-state index in [-0.39, 0.29) is 5.91 Å². The Kier molecular flexibility index (Phi) is 5.07. The van der Waals surface area contributed by atoms with Gasteiger partial charge >= 0.3 is 6.03 Å². The Balaban J connectivity index is 1.49. The Hall–Kier alpha value is -3.20. The van der Waals surface area contributed by atoms with Crippen LogP contribution in [-0.4, -0.2) is 30.3 Å². The molecule has 2 saturated heterocycles. The van der Waals surface area contributed by atoms with Crippen LogP contribution in [0.4, 0.5) is 16.2 Å². The van der Waals surface area contributed by atoms with Crippen LogP contribution < -0.4 is 20.9 Å². The van der Waals surface area contributed by atoms with Crippen LogP contribution >= 0.6 is 15.9 Å². The van der Waals surface area contributed by atoms with Crippen LogP contribution in [0, 0.1) is 5.92 Å². The lowest BCUT2D eigenvalue weighted by atomic mass is 9.92. The molecule has 2 heterocycles. The highest BCUT2D eigenvalue weighted by molar-refractivity contribution is 9.10. The van der Waals surface area contributed by atoms with Gasteiger partial charge in [-0.05, 0) is 49.2 Å². The average molecular weight is 471 g/mol. The van der Waals surface area contributed by atoms with Gasteiger partial charge in [0.15, 0.2) is 0 Å². The van der Waals surface area contributed by atoms with Crippen molar-refractivity contribution in [1.29, 1.82) is 0 Å². The summed E-state index contributed by atoms with van der Waals surface area (Å²) in [6.45, 7) is 2.04. The van der Waals surface area contributed by atoms with Crippen molar-refractivity contribution in [2.24, 2.45) is 5.92 Å². The zero-order valence-electron chi connectivity index (χ0n) is 16.1. The summed E-state index contributed by atoms with van der Waals surface area (Å²) in [4.78, 5) is 50.9. The molecule has 4 rings (SSSR count). The molecule has 2 aliphatic heterocycles. The van der Waals surface area contributed by atoms with Gasteiger partial charge in [0.1, 0.15) is 11.5 Å². The first kappa shape index (κ1) is 20.1. The van der Waals surface area contributed by atoms with Crippen LogP contribution in [0.3, 0.4) is 0 Å². The summed E-state index contributed by atoms with van der Waals surface area (Å²) in [6.07, 6.45) is 0.410. The van der Waals surface area contributed by atoms with Gasteiger partial charge < -0.3 is 15.5 Å². The second kappa shape index (κ2) is 7.56. The fraction of sp³-hybridized carbons (Fsp3) is 0.238. The van der Waals surface area contributed by atoms with Crippen LogP contribution in [0.2, 0.25) is 0 Å². The van der Waals surface area contributed by atoms with Gasteiger partial charge in [0.2, 0.25) is 11.8 Å². The summed E-state index contributed by atoms with van der Waals surface area (Å²) in [5.41, 5.74) is 0.486. The Morgan fingerprint density at radius 3 is 2.63 bits per heavy atom. The van der Waals surface area contributed by atoms with E-state index in [1.807, 2.05) is 24.3 Å². The molecule has 2 aromatic carbocycles. The third kappa shape index (κ3) is 3.56. The second-order valence-electron chi connectivity index (χ2n) is 7.41. The van der Waals surface area contributed by atoms with E-state index in [1.54, 1.807) is 36.1 Å². The molecule has 154 valence electrons. The maximum absolute atomic E-state index is 12.8. The fourth-order valence-corrected chi connectivity index (χ4v) is 4.09. The van der Waals surface area contributed by atoms with Crippen molar-refractivity contribution in [3.8, 4) is 0 Å². The minimum Gasteiger partial charge on any atom is -0.325 e. The maximum Gasteiger partial charge on any atom is 0.322 e. The predicted molar refractivity (Wildman–Crippen MR) is 114 cm³/mol. The molecule has 2 atom stereocenters. The predicted octanol–water partition coefficient (Wildman–Crippen LogP) is 2.50. The summed E-state index contributed by atoms with van der Waals surface area (Å²) in [7, 11) is 0. The van der Waals surface area contributed by atoms with Gasteiger partial charge in [0.25, 0.3) is 5.91 Å². The lowest BCUT2D eigenvalue weighted by Gasteiger charge is -2.22. The number of anilines is 2. The summed E-state index contributed by atoms with van der Waals surface area (Å²) in [5, 5.41) is 7.57. The number of nitrogens with one attached hydrogen (secondary N) is 3. The first-order chi connectivity index (χ1) is 14.3. The van der Waals surface area contributed by atoms with Gasteiger partial charge in [0.05, 0.1) is 0 Å². The number of hydrogen-bond donors (Lipinski definition) is 3. The van der Waals surface area contributed by atoms with E-state index in [1.165, 1.54) is 0 Å². The summed E-state index contributed by atoms with van der Waals surface area (Å²) >= 11 is 3.39. The van der Waals surface area contributed by atoms with Gasteiger partial charge in [-0.25, -0.2) is 4.79 Å². The monoisotopic (exact) mass is 470 g/mol. The van der Waals surface area contributed by atoms with Crippen molar-refractivity contribution in [2.75, 3.05) is 16.8 Å². The molecule has 0 saturated carbocycles. The quantitative estimate of drug-likeness (QED) is 0.471. The van der Waals surface area contributed by atoms with Crippen LogP contribution in [0.1, 0.15) is 18.9 Å². The minimum absolute atomic E-state index is 0.254. The molecule has 0 radical (unpaired) electrons. The zero-order valence-corrected chi connectivity index (χ0v) is 17.7. The summed E-state index contributed by atoms with van der Waals surface area (Å²) < 4.78 is 0.856. The minimum atomic E-state index is -1.22. The smallest absolute Gasteiger partial charge is 0.322 e. The van der Waals surface area contributed by atoms with Gasteiger partial charge in [-0.15, -0.1) is 0 Å². The second-order valence-corrected chi connectivity index (χ2v) is 8.33.